The van der Waals surface area contributed by atoms with Crippen molar-refractivity contribution in [3.63, 3.8) is 0 Å². The first-order valence-corrected chi connectivity index (χ1v) is 4.73. The molecule has 0 aromatic heterocycles. The maximum absolute atomic E-state index is 9.71. The van der Waals surface area contributed by atoms with E-state index < -0.39 is 0 Å². The highest BCUT2D eigenvalue weighted by Crippen LogP contribution is 2.30. The van der Waals surface area contributed by atoms with Crippen LogP contribution in [0.2, 0.25) is 0 Å². The molecule has 1 heterocycles. The van der Waals surface area contributed by atoms with Gasteiger partial charge in [-0.15, -0.1) is 0 Å². The van der Waals surface area contributed by atoms with Crippen LogP contribution in [-0.2, 0) is 0 Å². The molecule has 1 aromatic rings. The third-order valence-electron chi connectivity index (χ3n) is 2.72. The van der Waals surface area contributed by atoms with Crippen LogP contribution in [0.5, 0.6) is 5.75 Å². The van der Waals surface area contributed by atoms with Crippen molar-refractivity contribution in [2.24, 2.45) is 5.73 Å². The van der Waals surface area contributed by atoms with E-state index in [2.05, 4.69) is 5.32 Å². The van der Waals surface area contributed by atoms with Crippen molar-refractivity contribution in [2.75, 3.05) is 18.8 Å². The number of hydrogen-bond donors (Lipinski definition) is 4. The summed E-state index contributed by atoms with van der Waals surface area (Å²) in [5.74, 6) is 0.435. The zero-order chi connectivity index (χ0) is 10.1. The first-order chi connectivity index (χ1) is 6.68. The van der Waals surface area contributed by atoms with E-state index in [1.54, 1.807) is 12.1 Å². The average Bonchev–Trinajstić information content (AvgIpc) is 2.52. The molecule has 1 aliphatic heterocycles. The van der Waals surface area contributed by atoms with Crippen LogP contribution in [0.4, 0.5) is 5.69 Å². The van der Waals surface area contributed by atoms with Crippen molar-refractivity contribution in [1.82, 2.24) is 5.32 Å². The van der Waals surface area contributed by atoms with Crippen LogP contribution in [0.15, 0.2) is 18.2 Å². The van der Waals surface area contributed by atoms with Gasteiger partial charge in [0.05, 0.1) is 0 Å². The number of phenolic OH excluding ortho intramolecular Hbond substituents is 1. The van der Waals surface area contributed by atoms with E-state index in [0.717, 1.165) is 18.7 Å². The van der Waals surface area contributed by atoms with Crippen LogP contribution in [0.3, 0.4) is 0 Å². The third-order valence-corrected chi connectivity index (χ3v) is 2.72. The molecule has 1 aliphatic rings. The van der Waals surface area contributed by atoms with Crippen LogP contribution in [0.25, 0.3) is 0 Å². The molecule has 0 saturated carbocycles. The lowest BCUT2D eigenvalue weighted by Crippen LogP contribution is -2.27. The Balaban J connectivity index is 2.31. The topological polar surface area (TPSA) is 84.3 Å². The van der Waals surface area contributed by atoms with E-state index in [4.69, 9.17) is 11.5 Å². The van der Waals surface area contributed by atoms with Crippen LogP contribution >= 0.6 is 0 Å². The fourth-order valence-electron chi connectivity index (χ4n) is 1.91. The van der Waals surface area contributed by atoms with Crippen molar-refractivity contribution in [3.05, 3.63) is 23.8 Å². The highest BCUT2D eigenvalue weighted by molar-refractivity contribution is 5.49. The number of rotatable bonds is 1. The van der Waals surface area contributed by atoms with Gasteiger partial charge in [0.1, 0.15) is 5.75 Å². The molecule has 0 radical (unpaired) electrons. The quantitative estimate of drug-likeness (QED) is 0.473. The first-order valence-electron chi connectivity index (χ1n) is 4.73. The predicted octanol–water partition coefficient (Wildman–Crippen LogP) is -0.0115. The largest absolute Gasteiger partial charge is 0.508 e. The molecule has 0 aliphatic carbocycles. The molecule has 1 saturated heterocycles. The number of phenols is 1. The number of nitrogen functional groups attached to an aromatic ring is 1. The lowest BCUT2D eigenvalue weighted by atomic mass is 9.94. The SMILES string of the molecule is Nc1ccc(C2CNCC2N)c(O)c1. The molecule has 6 N–H and O–H groups in total. The lowest BCUT2D eigenvalue weighted by molar-refractivity contribution is 0.459. The highest BCUT2D eigenvalue weighted by Gasteiger charge is 2.26. The monoisotopic (exact) mass is 193 g/mol. The van der Waals surface area contributed by atoms with Gasteiger partial charge in [0.15, 0.2) is 0 Å². The summed E-state index contributed by atoms with van der Waals surface area (Å²) < 4.78 is 0. The van der Waals surface area contributed by atoms with E-state index in [0.29, 0.717) is 5.69 Å². The second-order valence-electron chi connectivity index (χ2n) is 3.75. The summed E-state index contributed by atoms with van der Waals surface area (Å²) in [5.41, 5.74) is 12.9. The van der Waals surface area contributed by atoms with Gasteiger partial charge in [-0.3, -0.25) is 0 Å². The van der Waals surface area contributed by atoms with Gasteiger partial charge < -0.3 is 21.9 Å². The average molecular weight is 193 g/mol. The molecule has 4 heteroatoms. The second kappa shape index (κ2) is 3.48. The van der Waals surface area contributed by atoms with Gasteiger partial charge in [-0.2, -0.15) is 0 Å². The minimum absolute atomic E-state index is 0.0736. The van der Waals surface area contributed by atoms with Gasteiger partial charge >= 0.3 is 0 Å². The van der Waals surface area contributed by atoms with E-state index >= 15 is 0 Å². The molecule has 0 bridgehead atoms. The summed E-state index contributed by atoms with van der Waals surface area (Å²) in [6.45, 7) is 1.62. The normalized spacial score (nSPS) is 26.6. The van der Waals surface area contributed by atoms with E-state index in [1.807, 2.05) is 6.07 Å². The van der Waals surface area contributed by atoms with Crippen molar-refractivity contribution < 1.29 is 5.11 Å². The molecule has 76 valence electrons. The Kier molecular flexibility index (Phi) is 2.31. The summed E-state index contributed by atoms with van der Waals surface area (Å²) in [6, 6.07) is 5.28. The van der Waals surface area contributed by atoms with Gasteiger partial charge in [0.25, 0.3) is 0 Å². The molecular formula is C10H15N3O. The molecule has 0 amide bonds. The first kappa shape index (κ1) is 9.30. The van der Waals surface area contributed by atoms with Gasteiger partial charge in [0.2, 0.25) is 0 Å². The number of benzene rings is 1. The van der Waals surface area contributed by atoms with Crippen LogP contribution in [0.1, 0.15) is 11.5 Å². The summed E-state index contributed by atoms with van der Waals surface area (Å²) in [6.07, 6.45) is 0. The number of nitrogens with one attached hydrogen (secondary N) is 1. The second-order valence-corrected chi connectivity index (χ2v) is 3.75. The molecule has 2 atom stereocenters. The fourth-order valence-corrected chi connectivity index (χ4v) is 1.91. The van der Waals surface area contributed by atoms with E-state index in [-0.39, 0.29) is 17.7 Å². The van der Waals surface area contributed by atoms with Gasteiger partial charge in [-0.05, 0) is 11.6 Å². The molecule has 14 heavy (non-hydrogen) atoms. The molecule has 2 rings (SSSR count). The summed E-state index contributed by atoms with van der Waals surface area (Å²) >= 11 is 0. The number of aromatic hydroxyl groups is 1. The Morgan fingerprint density at radius 3 is 2.71 bits per heavy atom. The Labute approximate surface area is 82.9 Å². The van der Waals surface area contributed by atoms with Crippen molar-refractivity contribution in [3.8, 4) is 5.75 Å². The predicted molar refractivity (Wildman–Crippen MR) is 56.1 cm³/mol. The molecular weight excluding hydrogens is 178 g/mol. The summed E-state index contributed by atoms with van der Waals surface area (Å²) in [5, 5.41) is 12.9. The van der Waals surface area contributed by atoms with E-state index in [1.165, 1.54) is 0 Å². The minimum Gasteiger partial charge on any atom is -0.508 e. The maximum Gasteiger partial charge on any atom is 0.121 e. The van der Waals surface area contributed by atoms with Crippen LogP contribution in [-0.4, -0.2) is 24.2 Å². The highest BCUT2D eigenvalue weighted by atomic mass is 16.3. The number of anilines is 1. The standard InChI is InChI=1S/C10H15N3O/c11-6-1-2-7(10(14)3-6)8-4-13-5-9(8)12/h1-3,8-9,13-14H,4-5,11-12H2. The minimum atomic E-state index is 0.0736. The Bertz CT molecular complexity index is 340. The zero-order valence-electron chi connectivity index (χ0n) is 7.90. The zero-order valence-corrected chi connectivity index (χ0v) is 7.90. The summed E-state index contributed by atoms with van der Waals surface area (Å²) in [7, 11) is 0. The van der Waals surface area contributed by atoms with Crippen molar-refractivity contribution >= 4 is 5.69 Å². The molecule has 4 nitrogen and oxygen atoms in total. The number of nitrogens with two attached hydrogens (primary N) is 2. The fraction of sp³-hybridized carbons (Fsp3) is 0.400. The number of hydrogen-bond acceptors (Lipinski definition) is 4. The summed E-state index contributed by atoms with van der Waals surface area (Å²) in [4.78, 5) is 0. The van der Waals surface area contributed by atoms with Gasteiger partial charge in [-0.1, -0.05) is 6.07 Å². The smallest absolute Gasteiger partial charge is 0.121 e. The van der Waals surface area contributed by atoms with Gasteiger partial charge in [-0.25, -0.2) is 0 Å². The van der Waals surface area contributed by atoms with Crippen molar-refractivity contribution in [2.45, 2.75) is 12.0 Å². The maximum atomic E-state index is 9.71. The molecule has 2 unspecified atom stereocenters. The lowest BCUT2D eigenvalue weighted by Gasteiger charge is -2.16. The Hall–Kier alpha value is -1.26. The molecule has 0 spiro atoms. The van der Waals surface area contributed by atoms with Crippen LogP contribution < -0.4 is 16.8 Å². The molecule has 1 fully saturated rings. The van der Waals surface area contributed by atoms with Gasteiger partial charge in [0, 0.05) is 36.8 Å². The van der Waals surface area contributed by atoms with Crippen LogP contribution in [0, 0.1) is 0 Å². The third kappa shape index (κ3) is 1.54. The Morgan fingerprint density at radius 1 is 1.36 bits per heavy atom. The Morgan fingerprint density at radius 2 is 2.14 bits per heavy atom. The van der Waals surface area contributed by atoms with Crippen molar-refractivity contribution in [1.29, 1.82) is 0 Å². The van der Waals surface area contributed by atoms with E-state index in [9.17, 15) is 5.11 Å². The molecule has 1 aromatic carbocycles.